The maximum atomic E-state index is 13.6. The molecule has 0 unspecified atom stereocenters. The number of halogens is 6. The minimum absolute atomic E-state index is 0. The molecule has 0 aliphatic carbocycles. The molecule has 10 heteroatoms. The Kier molecular flexibility index (Phi) is 6.48. The average molecular weight is 392 g/mol. The van der Waals surface area contributed by atoms with Crippen LogP contribution in [0.3, 0.4) is 0 Å². The molecule has 0 amide bonds. The number of nitrogens with one attached hydrogen (secondary N) is 1. The Morgan fingerprint density at radius 3 is 2.61 bits per heavy atom. The van der Waals surface area contributed by atoms with Crippen LogP contribution >= 0.6 is 36.2 Å². The summed E-state index contributed by atoms with van der Waals surface area (Å²) in [5.41, 5.74) is -0.968. The molecule has 0 spiro atoms. The first kappa shape index (κ1) is 20.2. The van der Waals surface area contributed by atoms with Crippen LogP contribution in [0.15, 0.2) is 12.1 Å². The van der Waals surface area contributed by atoms with E-state index in [0.29, 0.717) is 9.83 Å². The third kappa shape index (κ3) is 3.99. The molecular formula is C13H15Cl2F4N3S. The van der Waals surface area contributed by atoms with E-state index in [4.69, 9.17) is 0 Å². The van der Waals surface area contributed by atoms with E-state index in [9.17, 15) is 17.6 Å². The van der Waals surface area contributed by atoms with Crippen LogP contribution in [0.1, 0.15) is 12.5 Å². The largest absolute Gasteiger partial charge is 0.419 e. The van der Waals surface area contributed by atoms with E-state index in [-0.39, 0.29) is 36.4 Å². The molecule has 3 rings (SSSR count). The number of alkyl halides is 3. The first-order valence-corrected chi connectivity index (χ1v) is 7.32. The SMILES string of the molecule is C[C@H]1CNCCN1c1nc2cc(F)c(C(F)(F)F)cc2s1.Cl.Cl. The minimum atomic E-state index is -4.69. The lowest BCUT2D eigenvalue weighted by Gasteiger charge is -2.33. The van der Waals surface area contributed by atoms with E-state index in [0.717, 1.165) is 31.8 Å². The molecule has 1 fully saturated rings. The number of hydrogen-bond acceptors (Lipinski definition) is 4. The molecule has 1 aliphatic heterocycles. The highest BCUT2D eigenvalue weighted by Gasteiger charge is 2.35. The highest BCUT2D eigenvalue weighted by atomic mass is 35.5. The fourth-order valence-corrected chi connectivity index (χ4v) is 3.52. The van der Waals surface area contributed by atoms with Crippen molar-refractivity contribution in [2.45, 2.75) is 19.1 Å². The predicted octanol–water partition coefficient (Wildman–Crippen LogP) is 4.10. The van der Waals surface area contributed by atoms with E-state index in [1.165, 1.54) is 11.3 Å². The van der Waals surface area contributed by atoms with Crippen molar-refractivity contribution in [3.05, 3.63) is 23.5 Å². The first-order chi connectivity index (χ1) is 9.86. The van der Waals surface area contributed by atoms with Gasteiger partial charge in [-0.3, -0.25) is 0 Å². The standard InChI is InChI=1S/C13H13F4N3S.2ClH/c1-7-6-18-2-3-20(7)12-19-10-5-9(14)8(13(15,16)17)4-11(10)21-12;;/h4-5,7,18H,2-3,6H2,1H3;2*1H/t7-;;/m0../s1. The number of piperazine rings is 1. The molecule has 1 saturated heterocycles. The van der Waals surface area contributed by atoms with Gasteiger partial charge in [0.25, 0.3) is 0 Å². The Morgan fingerprint density at radius 1 is 1.30 bits per heavy atom. The average Bonchev–Trinajstić information content (AvgIpc) is 2.79. The fraction of sp³-hybridized carbons (Fsp3) is 0.462. The zero-order valence-corrected chi connectivity index (χ0v) is 14.4. The molecule has 0 bridgehead atoms. The number of rotatable bonds is 1. The van der Waals surface area contributed by atoms with Crippen molar-refractivity contribution in [3.8, 4) is 0 Å². The summed E-state index contributed by atoms with van der Waals surface area (Å²) in [4.78, 5) is 6.31. The van der Waals surface area contributed by atoms with E-state index < -0.39 is 17.6 Å². The lowest BCUT2D eigenvalue weighted by Crippen LogP contribution is -2.49. The number of benzene rings is 1. The molecule has 1 aliphatic rings. The first-order valence-electron chi connectivity index (χ1n) is 6.51. The van der Waals surface area contributed by atoms with Crippen molar-refractivity contribution < 1.29 is 17.6 Å². The van der Waals surface area contributed by atoms with Gasteiger partial charge in [0.1, 0.15) is 5.82 Å². The molecule has 1 aromatic heterocycles. The van der Waals surface area contributed by atoms with Crippen molar-refractivity contribution in [3.63, 3.8) is 0 Å². The van der Waals surface area contributed by atoms with Crippen molar-refractivity contribution in [1.82, 2.24) is 10.3 Å². The summed E-state index contributed by atoms with van der Waals surface area (Å²) in [5, 5.41) is 3.87. The van der Waals surface area contributed by atoms with Gasteiger partial charge in [0.15, 0.2) is 5.13 Å². The fourth-order valence-electron chi connectivity index (χ4n) is 2.40. The molecule has 0 saturated carbocycles. The number of hydrogen-bond donors (Lipinski definition) is 1. The topological polar surface area (TPSA) is 28.2 Å². The maximum absolute atomic E-state index is 13.6. The van der Waals surface area contributed by atoms with E-state index in [2.05, 4.69) is 10.3 Å². The number of nitrogens with zero attached hydrogens (tertiary/aromatic N) is 2. The van der Waals surface area contributed by atoms with Crippen LogP contribution < -0.4 is 10.2 Å². The molecule has 3 nitrogen and oxygen atoms in total. The summed E-state index contributed by atoms with van der Waals surface area (Å²) >= 11 is 1.17. The van der Waals surface area contributed by atoms with E-state index in [1.54, 1.807) is 0 Å². The van der Waals surface area contributed by atoms with Crippen molar-refractivity contribution in [2.75, 3.05) is 24.5 Å². The summed E-state index contributed by atoms with van der Waals surface area (Å²) in [6.07, 6.45) is -4.69. The van der Waals surface area contributed by atoms with Gasteiger partial charge in [-0.15, -0.1) is 24.8 Å². The summed E-state index contributed by atoms with van der Waals surface area (Å²) in [6, 6.07) is 1.91. The lowest BCUT2D eigenvalue weighted by atomic mass is 10.2. The molecule has 1 atom stereocenters. The Balaban J connectivity index is 0.00000132. The molecule has 1 aromatic carbocycles. The number of aromatic nitrogens is 1. The second-order valence-corrected chi connectivity index (χ2v) is 6.05. The monoisotopic (exact) mass is 391 g/mol. The third-order valence-corrected chi connectivity index (χ3v) is 4.57. The Bertz CT molecular complexity index is 677. The van der Waals surface area contributed by atoms with Gasteiger partial charge in [0, 0.05) is 31.7 Å². The van der Waals surface area contributed by atoms with Gasteiger partial charge in [-0.25, -0.2) is 9.37 Å². The highest BCUT2D eigenvalue weighted by molar-refractivity contribution is 7.22. The highest BCUT2D eigenvalue weighted by Crippen LogP contribution is 2.37. The molecule has 23 heavy (non-hydrogen) atoms. The van der Waals surface area contributed by atoms with Gasteiger partial charge < -0.3 is 10.2 Å². The van der Waals surface area contributed by atoms with Gasteiger partial charge in [-0.05, 0) is 13.0 Å². The molecular weight excluding hydrogens is 377 g/mol. The van der Waals surface area contributed by atoms with Crippen LogP contribution in [0, 0.1) is 5.82 Å². The third-order valence-electron chi connectivity index (χ3n) is 3.52. The van der Waals surface area contributed by atoms with Crippen LogP contribution in [-0.2, 0) is 6.18 Å². The smallest absolute Gasteiger partial charge is 0.343 e. The summed E-state index contributed by atoms with van der Waals surface area (Å²) in [5.74, 6) is -1.28. The van der Waals surface area contributed by atoms with Crippen LogP contribution in [0.2, 0.25) is 0 Å². The number of fused-ring (bicyclic) bond motifs is 1. The normalized spacial score (nSPS) is 18.5. The van der Waals surface area contributed by atoms with Crippen LogP contribution in [0.5, 0.6) is 0 Å². The van der Waals surface area contributed by atoms with E-state index in [1.807, 2.05) is 11.8 Å². The zero-order valence-electron chi connectivity index (χ0n) is 12.0. The predicted molar refractivity (Wildman–Crippen MR) is 88.8 cm³/mol. The summed E-state index contributed by atoms with van der Waals surface area (Å²) < 4.78 is 52.1. The molecule has 1 N–H and O–H groups in total. The van der Waals surface area contributed by atoms with Crippen molar-refractivity contribution in [1.29, 1.82) is 0 Å². The maximum Gasteiger partial charge on any atom is 0.419 e. The van der Waals surface area contributed by atoms with Crippen molar-refractivity contribution >= 4 is 51.5 Å². The minimum Gasteiger partial charge on any atom is -0.343 e. The van der Waals surface area contributed by atoms with Crippen LogP contribution in [0.25, 0.3) is 10.2 Å². The van der Waals surface area contributed by atoms with Gasteiger partial charge >= 0.3 is 6.18 Å². The number of thiazole rings is 1. The zero-order chi connectivity index (χ0) is 15.2. The van der Waals surface area contributed by atoms with Crippen LogP contribution in [0.4, 0.5) is 22.7 Å². The second kappa shape index (κ2) is 7.38. The molecule has 2 aromatic rings. The van der Waals surface area contributed by atoms with E-state index >= 15 is 0 Å². The van der Waals surface area contributed by atoms with Gasteiger partial charge in [0.05, 0.1) is 15.8 Å². The summed E-state index contributed by atoms with van der Waals surface area (Å²) in [6.45, 7) is 4.33. The van der Waals surface area contributed by atoms with Crippen LogP contribution in [-0.4, -0.2) is 30.7 Å². The number of anilines is 1. The van der Waals surface area contributed by atoms with Gasteiger partial charge in [-0.2, -0.15) is 13.2 Å². The second-order valence-electron chi connectivity index (χ2n) is 5.04. The Morgan fingerprint density at radius 2 is 2.00 bits per heavy atom. The Hall–Kier alpha value is -0.830. The lowest BCUT2D eigenvalue weighted by molar-refractivity contribution is -0.139. The molecule has 2 heterocycles. The molecule has 0 radical (unpaired) electrons. The summed E-state index contributed by atoms with van der Waals surface area (Å²) in [7, 11) is 0. The van der Waals surface area contributed by atoms with Gasteiger partial charge in [0.2, 0.25) is 0 Å². The Labute approximate surface area is 146 Å². The van der Waals surface area contributed by atoms with Crippen molar-refractivity contribution in [2.24, 2.45) is 0 Å². The quantitative estimate of drug-likeness (QED) is 0.741. The van der Waals surface area contributed by atoms with Gasteiger partial charge in [-0.1, -0.05) is 11.3 Å². The molecule has 130 valence electrons.